The average Bonchev–Trinajstić information content (AvgIpc) is 2.33. The number of carboxylic acid groups (broad SMARTS) is 1. The second-order valence-electron chi connectivity index (χ2n) is 4.23. The fraction of sp³-hybridized carbons (Fsp3) is 0.133. The topological polar surface area (TPSA) is 37.3 Å². The van der Waals surface area contributed by atoms with Crippen LogP contribution >= 0.6 is 11.6 Å². The molecule has 0 saturated carbocycles. The number of rotatable bonds is 3. The van der Waals surface area contributed by atoms with Crippen LogP contribution in [-0.4, -0.2) is 11.1 Å². The molecule has 2 rings (SSSR count). The van der Waals surface area contributed by atoms with Crippen LogP contribution in [0, 0.1) is 6.92 Å². The van der Waals surface area contributed by atoms with E-state index in [9.17, 15) is 4.79 Å². The third kappa shape index (κ3) is 2.90. The SMILES string of the molecule is Cc1ccc(Cl)cc1-c1ccc(CC(=O)O)cc1. The van der Waals surface area contributed by atoms with Crippen molar-refractivity contribution in [3.63, 3.8) is 0 Å². The molecular formula is C15H13ClO2. The summed E-state index contributed by atoms with van der Waals surface area (Å²) in [6.45, 7) is 2.02. The van der Waals surface area contributed by atoms with Gasteiger partial charge in [-0.3, -0.25) is 4.79 Å². The van der Waals surface area contributed by atoms with Gasteiger partial charge in [0.05, 0.1) is 6.42 Å². The van der Waals surface area contributed by atoms with Crippen molar-refractivity contribution < 1.29 is 9.90 Å². The van der Waals surface area contributed by atoms with Gasteiger partial charge in [-0.2, -0.15) is 0 Å². The second-order valence-corrected chi connectivity index (χ2v) is 4.66. The minimum Gasteiger partial charge on any atom is -0.481 e. The van der Waals surface area contributed by atoms with Crippen LogP contribution in [0.25, 0.3) is 11.1 Å². The van der Waals surface area contributed by atoms with Crippen LogP contribution in [0.4, 0.5) is 0 Å². The number of hydrogen-bond donors (Lipinski definition) is 1. The van der Waals surface area contributed by atoms with E-state index in [0.29, 0.717) is 5.02 Å². The summed E-state index contributed by atoms with van der Waals surface area (Å²) in [5.41, 5.74) is 4.06. The standard InChI is InChI=1S/C15H13ClO2/c1-10-2-7-13(16)9-14(10)12-5-3-11(4-6-12)8-15(17)18/h2-7,9H,8H2,1H3,(H,17,18). The maximum Gasteiger partial charge on any atom is 0.307 e. The first kappa shape index (κ1) is 12.7. The van der Waals surface area contributed by atoms with Crippen molar-refractivity contribution in [1.29, 1.82) is 0 Å². The Balaban J connectivity index is 2.34. The van der Waals surface area contributed by atoms with Crippen molar-refractivity contribution in [2.75, 3.05) is 0 Å². The van der Waals surface area contributed by atoms with Gasteiger partial charge in [0.1, 0.15) is 0 Å². The van der Waals surface area contributed by atoms with Gasteiger partial charge < -0.3 is 5.11 Å². The van der Waals surface area contributed by atoms with Crippen LogP contribution < -0.4 is 0 Å². The van der Waals surface area contributed by atoms with Crippen molar-refractivity contribution >= 4 is 17.6 Å². The summed E-state index contributed by atoms with van der Waals surface area (Å²) >= 11 is 5.99. The normalized spacial score (nSPS) is 10.3. The molecule has 0 atom stereocenters. The molecule has 0 heterocycles. The first-order valence-electron chi connectivity index (χ1n) is 5.63. The molecule has 0 aliphatic heterocycles. The van der Waals surface area contributed by atoms with Crippen molar-refractivity contribution in [3.8, 4) is 11.1 Å². The molecule has 0 saturated heterocycles. The molecule has 0 unspecified atom stereocenters. The Morgan fingerprint density at radius 3 is 2.44 bits per heavy atom. The molecule has 2 nitrogen and oxygen atoms in total. The largest absolute Gasteiger partial charge is 0.481 e. The molecule has 0 aliphatic carbocycles. The highest BCUT2D eigenvalue weighted by Gasteiger charge is 2.04. The zero-order chi connectivity index (χ0) is 13.1. The van der Waals surface area contributed by atoms with Gasteiger partial charge >= 0.3 is 5.97 Å². The lowest BCUT2D eigenvalue weighted by Crippen LogP contribution is -1.99. The van der Waals surface area contributed by atoms with E-state index in [1.165, 1.54) is 0 Å². The zero-order valence-electron chi connectivity index (χ0n) is 9.98. The predicted molar refractivity (Wildman–Crippen MR) is 73.0 cm³/mol. The minimum atomic E-state index is -0.818. The van der Waals surface area contributed by atoms with Crippen LogP contribution in [0.5, 0.6) is 0 Å². The quantitative estimate of drug-likeness (QED) is 0.908. The fourth-order valence-corrected chi connectivity index (χ4v) is 2.05. The van der Waals surface area contributed by atoms with Gasteiger partial charge in [0.25, 0.3) is 0 Å². The number of aliphatic carboxylic acids is 1. The summed E-state index contributed by atoms with van der Waals surface area (Å²) in [6, 6.07) is 13.3. The molecule has 0 amide bonds. The molecule has 0 fully saturated rings. The zero-order valence-corrected chi connectivity index (χ0v) is 10.7. The Bertz CT molecular complexity index is 574. The van der Waals surface area contributed by atoms with Crippen molar-refractivity contribution in [2.45, 2.75) is 13.3 Å². The number of carbonyl (C=O) groups is 1. The van der Waals surface area contributed by atoms with Crippen LogP contribution in [0.1, 0.15) is 11.1 Å². The summed E-state index contributed by atoms with van der Waals surface area (Å²) in [5, 5.41) is 9.42. The van der Waals surface area contributed by atoms with E-state index in [0.717, 1.165) is 22.3 Å². The van der Waals surface area contributed by atoms with Gasteiger partial charge in [0.2, 0.25) is 0 Å². The summed E-state index contributed by atoms with van der Waals surface area (Å²) in [7, 11) is 0. The lowest BCUT2D eigenvalue weighted by Gasteiger charge is -2.07. The van der Waals surface area contributed by atoms with Crippen molar-refractivity contribution in [1.82, 2.24) is 0 Å². The monoisotopic (exact) mass is 260 g/mol. The van der Waals surface area contributed by atoms with Gasteiger partial charge in [0.15, 0.2) is 0 Å². The highest BCUT2D eigenvalue weighted by atomic mass is 35.5. The maximum atomic E-state index is 10.6. The van der Waals surface area contributed by atoms with Crippen LogP contribution in [0.2, 0.25) is 5.02 Å². The number of aryl methyl sites for hydroxylation is 1. The van der Waals surface area contributed by atoms with E-state index in [1.807, 2.05) is 49.4 Å². The molecule has 1 N–H and O–H groups in total. The molecular weight excluding hydrogens is 248 g/mol. The highest BCUT2D eigenvalue weighted by Crippen LogP contribution is 2.26. The van der Waals surface area contributed by atoms with E-state index in [-0.39, 0.29) is 6.42 Å². The summed E-state index contributed by atoms with van der Waals surface area (Å²) in [4.78, 5) is 10.6. The first-order valence-corrected chi connectivity index (χ1v) is 6.01. The summed E-state index contributed by atoms with van der Waals surface area (Å²) in [6.07, 6.45) is 0.0504. The first-order chi connectivity index (χ1) is 8.56. The van der Waals surface area contributed by atoms with E-state index in [2.05, 4.69) is 0 Å². The third-order valence-corrected chi connectivity index (χ3v) is 3.06. The number of carboxylic acids is 1. The van der Waals surface area contributed by atoms with Gasteiger partial charge in [-0.1, -0.05) is 41.9 Å². The number of benzene rings is 2. The Kier molecular flexibility index (Phi) is 3.68. The molecule has 2 aromatic rings. The lowest BCUT2D eigenvalue weighted by molar-refractivity contribution is -0.136. The Morgan fingerprint density at radius 1 is 1.17 bits per heavy atom. The molecule has 2 aromatic carbocycles. The summed E-state index contributed by atoms with van der Waals surface area (Å²) < 4.78 is 0. The van der Waals surface area contributed by atoms with Crippen molar-refractivity contribution in [2.24, 2.45) is 0 Å². The molecule has 0 spiro atoms. The molecule has 0 bridgehead atoms. The lowest BCUT2D eigenvalue weighted by atomic mass is 9.99. The predicted octanol–water partition coefficient (Wildman–Crippen LogP) is 3.94. The Hall–Kier alpha value is -1.80. The molecule has 0 aromatic heterocycles. The molecule has 3 heteroatoms. The van der Waals surface area contributed by atoms with Gasteiger partial charge in [-0.15, -0.1) is 0 Å². The highest BCUT2D eigenvalue weighted by molar-refractivity contribution is 6.30. The molecule has 0 radical (unpaired) electrons. The molecule has 92 valence electrons. The number of hydrogen-bond acceptors (Lipinski definition) is 1. The average molecular weight is 261 g/mol. The van der Waals surface area contributed by atoms with Gasteiger partial charge in [0, 0.05) is 5.02 Å². The van der Waals surface area contributed by atoms with E-state index < -0.39 is 5.97 Å². The van der Waals surface area contributed by atoms with Gasteiger partial charge in [-0.25, -0.2) is 0 Å². The van der Waals surface area contributed by atoms with E-state index in [1.54, 1.807) is 0 Å². The number of halogens is 1. The minimum absolute atomic E-state index is 0.0504. The van der Waals surface area contributed by atoms with Crippen LogP contribution in [0.3, 0.4) is 0 Å². The second kappa shape index (κ2) is 5.23. The van der Waals surface area contributed by atoms with Crippen LogP contribution in [-0.2, 0) is 11.2 Å². The van der Waals surface area contributed by atoms with Crippen LogP contribution in [0.15, 0.2) is 42.5 Å². The van der Waals surface area contributed by atoms with Gasteiger partial charge in [-0.05, 0) is 41.3 Å². The smallest absolute Gasteiger partial charge is 0.307 e. The summed E-state index contributed by atoms with van der Waals surface area (Å²) in [5.74, 6) is -0.818. The Morgan fingerprint density at radius 2 is 1.83 bits per heavy atom. The van der Waals surface area contributed by atoms with E-state index >= 15 is 0 Å². The Labute approximate surface area is 111 Å². The maximum absolute atomic E-state index is 10.6. The molecule has 18 heavy (non-hydrogen) atoms. The van der Waals surface area contributed by atoms with E-state index in [4.69, 9.17) is 16.7 Å². The van der Waals surface area contributed by atoms with Crippen molar-refractivity contribution in [3.05, 3.63) is 58.6 Å². The third-order valence-electron chi connectivity index (χ3n) is 2.82. The fourth-order valence-electron chi connectivity index (χ4n) is 1.88. The molecule has 0 aliphatic rings.